The molecule has 2 amide bonds. The largest absolute Gasteiger partial charge is 0.361 e. The summed E-state index contributed by atoms with van der Waals surface area (Å²) < 4.78 is 26.6. The van der Waals surface area contributed by atoms with Gasteiger partial charge in [-0.15, -0.1) is 0 Å². The number of hydrogen-bond donors (Lipinski definition) is 4. The van der Waals surface area contributed by atoms with Gasteiger partial charge in [-0.3, -0.25) is 14.4 Å². The summed E-state index contributed by atoms with van der Waals surface area (Å²) in [6.45, 7) is 1.95. The normalized spacial score (nSPS) is 13.7. The molecule has 0 spiro atoms. The maximum atomic E-state index is 13.5. The average molecular weight is 484 g/mol. The fourth-order valence-electron chi connectivity index (χ4n) is 3.88. The van der Waals surface area contributed by atoms with E-state index in [1.165, 1.54) is 6.07 Å². The van der Waals surface area contributed by atoms with Crippen molar-refractivity contribution in [2.45, 2.75) is 57.2 Å². The number of carbonyl (C=O) groups excluding carboxylic acids is 3. The number of nitrogens with two attached hydrogens (primary N) is 1. The quantitative estimate of drug-likeness (QED) is 0.317. The van der Waals surface area contributed by atoms with Crippen molar-refractivity contribution in [2.24, 2.45) is 5.73 Å². The molecular formula is C26H29F2N4O3. The molecule has 0 bridgehead atoms. The van der Waals surface area contributed by atoms with E-state index in [0.717, 1.165) is 35.0 Å². The molecule has 9 heteroatoms. The number of aromatic amines is 1. The van der Waals surface area contributed by atoms with Gasteiger partial charge in [-0.05, 0) is 42.2 Å². The Balaban J connectivity index is 1.63. The fourth-order valence-corrected chi connectivity index (χ4v) is 3.88. The number of nitrogens with one attached hydrogen (secondary N) is 3. The summed E-state index contributed by atoms with van der Waals surface area (Å²) in [5, 5.41) is 6.20. The van der Waals surface area contributed by atoms with E-state index < -0.39 is 41.6 Å². The second kappa shape index (κ2) is 12.2. The molecule has 3 atom stereocenters. The van der Waals surface area contributed by atoms with Crippen molar-refractivity contribution in [1.82, 2.24) is 15.6 Å². The van der Waals surface area contributed by atoms with Crippen LogP contribution in [0.3, 0.4) is 0 Å². The maximum Gasteiger partial charge on any atom is 0.243 e. The second-order valence-electron chi connectivity index (χ2n) is 8.51. The number of aromatic nitrogens is 1. The van der Waals surface area contributed by atoms with Gasteiger partial charge in [-0.25, -0.2) is 8.78 Å². The number of carbonyl (C=O) groups is 2. The van der Waals surface area contributed by atoms with Gasteiger partial charge in [0.1, 0.15) is 6.04 Å². The van der Waals surface area contributed by atoms with E-state index in [-0.39, 0.29) is 12.8 Å². The highest BCUT2D eigenvalue weighted by Crippen LogP contribution is 2.19. The summed E-state index contributed by atoms with van der Waals surface area (Å²) in [5.74, 6) is -3.10. The van der Waals surface area contributed by atoms with Crippen LogP contribution in [0.15, 0.2) is 48.7 Å². The van der Waals surface area contributed by atoms with Gasteiger partial charge < -0.3 is 21.4 Å². The number of amides is 2. The predicted molar refractivity (Wildman–Crippen MR) is 129 cm³/mol. The Hall–Kier alpha value is -3.59. The van der Waals surface area contributed by atoms with Crippen molar-refractivity contribution in [1.29, 1.82) is 0 Å². The molecule has 5 N–H and O–H groups in total. The predicted octanol–water partition coefficient (Wildman–Crippen LogP) is 2.83. The summed E-state index contributed by atoms with van der Waals surface area (Å²) in [5.41, 5.74) is 8.30. The first kappa shape index (κ1) is 26.0. The highest BCUT2D eigenvalue weighted by atomic mass is 19.2. The lowest BCUT2D eigenvalue weighted by molar-refractivity contribution is -0.130. The molecule has 0 unspecified atom stereocenters. The molecule has 0 saturated carbocycles. The van der Waals surface area contributed by atoms with Gasteiger partial charge in [-0.2, -0.15) is 0 Å². The van der Waals surface area contributed by atoms with Crippen LogP contribution in [-0.2, 0) is 27.2 Å². The topological polar surface area (TPSA) is 117 Å². The molecular weight excluding hydrogens is 454 g/mol. The lowest BCUT2D eigenvalue weighted by Gasteiger charge is -2.22. The van der Waals surface area contributed by atoms with Crippen molar-refractivity contribution >= 4 is 29.0 Å². The van der Waals surface area contributed by atoms with E-state index in [1.54, 1.807) is 6.29 Å². The molecule has 0 aliphatic heterocycles. The van der Waals surface area contributed by atoms with Crippen LogP contribution in [0.5, 0.6) is 0 Å². The minimum Gasteiger partial charge on any atom is -0.361 e. The first-order valence-corrected chi connectivity index (χ1v) is 11.5. The van der Waals surface area contributed by atoms with Gasteiger partial charge in [0.25, 0.3) is 0 Å². The Labute approximate surface area is 202 Å². The van der Waals surface area contributed by atoms with Gasteiger partial charge in [0, 0.05) is 23.5 Å². The highest BCUT2D eigenvalue weighted by molar-refractivity contribution is 5.91. The van der Waals surface area contributed by atoms with Crippen LogP contribution >= 0.6 is 0 Å². The van der Waals surface area contributed by atoms with Crippen LogP contribution in [0.1, 0.15) is 37.3 Å². The number of H-pyrrole nitrogens is 1. The first-order valence-electron chi connectivity index (χ1n) is 11.5. The highest BCUT2D eigenvalue weighted by Gasteiger charge is 2.26. The van der Waals surface area contributed by atoms with Gasteiger partial charge in [-0.1, -0.05) is 44.0 Å². The first-order chi connectivity index (χ1) is 16.8. The number of benzene rings is 2. The Bertz CT molecular complexity index is 1180. The lowest BCUT2D eigenvalue weighted by atomic mass is 10.0. The summed E-state index contributed by atoms with van der Waals surface area (Å²) >= 11 is 0. The Morgan fingerprint density at radius 1 is 1.06 bits per heavy atom. The standard InChI is InChI=1S/C26H29F2N4O3/c1-2-3-7-24(26(35)31-18(15-33)11-16-9-10-20(27)21(28)12-16)32-25(34)22(29)13-17-14-30-23-8-5-4-6-19(17)23/h4-6,8-10,12,14,18,22,24,30H,2-3,7,11,13,29H2,1H3,(H,31,35)(H,32,34)/t18-,22-,24-/m0/s1. The van der Waals surface area contributed by atoms with Crippen molar-refractivity contribution in [3.8, 4) is 0 Å². The van der Waals surface area contributed by atoms with Gasteiger partial charge >= 0.3 is 0 Å². The van der Waals surface area contributed by atoms with Crippen molar-refractivity contribution in [3.63, 3.8) is 0 Å². The number of para-hydroxylation sites is 1. The summed E-state index contributed by atoms with van der Waals surface area (Å²) in [6.07, 6.45) is 5.53. The van der Waals surface area contributed by atoms with Crippen molar-refractivity contribution < 1.29 is 23.2 Å². The lowest BCUT2D eigenvalue weighted by Crippen LogP contribution is -2.54. The third-order valence-electron chi connectivity index (χ3n) is 5.81. The summed E-state index contributed by atoms with van der Waals surface area (Å²) in [6, 6.07) is 8.03. The molecule has 3 aromatic rings. The minimum atomic E-state index is -1.09. The molecule has 35 heavy (non-hydrogen) atoms. The molecule has 7 nitrogen and oxygen atoms in total. The van der Waals surface area contributed by atoms with Crippen LogP contribution in [0.4, 0.5) is 8.78 Å². The molecule has 0 aliphatic carbocycles. The van der Waals surface area contributed by atoms with E-state index in [4.69, 9.17) is 5.73 Å². The van der Waals surface area contributed by atoms with Gasteiger partial charge in [0.15, 0.2) is 11.6 Å². The Morgan fingerprint density at radius 3 is 2.54 bits per heavy atom. The van der Waals surface area contributed by atoms with Crippen LogP contribution in [0.2, 0.25) is 0 Å². The van der Waals surface area contributed by atoms with Crippen LogP contribution in [0, 0.1) is 11.6 Å². The van der Waals surface area contributed by atoms with Crippen molar-refractivity contribution in [3.05, 3.63) is 71.4 Å². The maximum absolute atomic E-state index is 13.5. The zero-order chi connectivity index (χ0) is 25.4. The van der Waals surface area contributed by atoms with E-state index in [9.17, 15) is 23.2 Å². The molecule has 0 aliphatic rings. The number of fused-ring (bicyclic) bond motifs is 1. The smallest absolute Gasteiger partial charge is 0.243 e. The zero-order valence-corrected chi connectivity index (χ0v) is 19.4. The van der Waals surface area contributed by atoms with Crippen LogP contribution in [0.25, 0.3) is 10.9 Å². The zero-order valence-electron chi connectivity index (χ0n) is 19.4. The average Bonchev–Trinajstić information content (AvgIpc) is 3.26. The number of rotatable bonds is 12. The van der Waals surface area contributed by atoms with E-state index in [0.29, 0.717) is 18.4 Å². The van der Waals surface area contributed by atoms with E-state index in [2.05, 4.69) is 15.6 Å². The third kappa shape index (κ3) is 6.95. The molecule has 1 heterocycles. The number of halogens is 2. The second-order valence-corrected chi connectivity index (χ2v) is 8.51. The minimum absolute atomic E-state index is 0.0685. The van der Waals surface area contributed by atoms with Gasteiger partial charge in [0.2, 0.25) is 18.1 Å². The monoisotopic (exact) mass is 483 g/mol. The SMILES string of the molecule is CCCC[C@H](NC(=O)[C@@H](N)Cc1c[nH]c2ccccc12)C(=O)N[C@H]([C]=O)Cc1ccc(F)c(F)c1. The van der Waals surface area contributed by atoms with E-state index in [1.807, 2.05) is 37.4 Å². The summed E-state index contributed by atoms with van der Waals surface area (Å²) in [7, 11) is 0. The molecule has 185 valence electrons. The molecule has 0 fully saturated rings. The van der Waals surface area contributed by atoms with Crippen molar-refractivity contribution in [2.75, 3.05) is 0 Å². The van der Waals surface area contributed by atoms with E-state index >= 15 is 0 Å². The molecule has 1 aromatic heterocycles. The Kier molecular flexibility index (Phi) is 9.08. The summed E-state index contributed by atoms with van der Waals surface area (Å²) in [4.78, 5) is 40.3. The third-order valence-corrected chi connectivity index (χ3v) is 5.81. The van der Waals surface area contributed by atoms with Gasteiger partial charge in [0.05, 0.1) is 12.1 Å². The Morgan fingerprint density at radius 2 is 1.83 bits per heavy atom. The van der Waals surface area contributed by atoms with Crippen LogP contribution < -0.4 is 16.4 Å². The fraction of sp³-hybridized carbons (Fsp3) is 0.346. The molecule has 2 aromatic carbocycles. The number of unbranched alkanes of at least 4 members (excludes halogenated alkanes) is 1. The molecule has 0 saturated heterocycles. The van der Waals surface area contributed by atoms with Crippen LogP contribution in [-0.4, -0.2) is 41.2 Å². The number of hydrogen-bond acceptors (Lipinski definition) is 4. The molecule has 3 rings (SSSR count). The molecule has 1 radical (unpaired) electrons.